The molecule has 0 bridgehead atoms. The Balaban J connectivity index is 2.02. The molecule has 1 aliphatic rings. The van der Waals surface area contributed by atoms with Gasteiger partial charge in [-0.2, -0.15) is 4.37 Å². The SMILES string of the molecule is c1ccc2c(C3CCNCC3)nsc2c1. The average molecular weight is 218 g/mol. The summed E-state index contributed by atoms with van der Waals surface area (Å²) in [5.74, 6) is 0.669. The Morgan fingerprint density at radius 2 is 2.00 bits per heavy atom. The van der Waals surface area contributed by atoms with Gasteiger partial charge in [-0.1, -0.05) is 18.2 Å². The summed E-state index contributed by atoms with van der Waals surface area (Å²) >= 11 is 1.64. The topological polar surface area (TPSA) is 24.9 Å². The van der Waals surface area contributed by atoms with E-state index in [-0.39, 0.29) is 0 Å². The minimum atomic E-state index is 0.669. The van der Waals surface area contributed by atoms with Gasteiger partial charge in [0.05, 0.1) is 10.4 Å². The fraction of sp³-hybridized carbons (Fsp3) is 0.417. The highest BCUT2D eigenvalue weighted by Gasteiger charge is 2.19. The summed E-state index contributed by atoms with van der Waals surface area (Å²) in [6, 6.07) is 8.57. The molecule has 1 aromatic heterocycles. The predicted octanol–water partition coefficient (Wildman–Crippen LogP) is 2.76. The van der Waals surface area contributed by atoms with Crippen LogP contribution < -0.4 is 5.32 Å². The number of rotatable bonds is 1. The Morgan fingerprint density at radius 3 is 2.87 bits per heavy atom. The molecule has 15 heavy (non-hydrogen) atoms. The number of aromatic nitrogens is 1. The molecule has 1 saturated heterocycles. The van der Waals surface area contributed by atoms with E-state index < -0.39 is 0 Å². The van der Waals surface area contributed by atoms with E-state index in [1.807, 2.05) is 0 Å². The maximum absolute atomic E-state index is 4.63. The summed E-state index contributed by atoms with van der Waals surface area (Å²) in [5.41, 5.74) is 1.33. The molecule has 0 spiro atoms. The van der Waals surface area contributed by atoms with Crippen molar-refractivity contribution in [2.45, 2.75) is 18.8 Å². The Bertz CT molecular complexity index is 457. The number of nitrogens with zero attached hydrogens (tertiary/aromatic N) is 1. The van der Waals surface area contributed by atoms with Crippen molar-refractivity contribution < 1.29 is 0 Å². The van der Waals surface area contributed by atoms with Crippen molar-refractivity contribution in [3.63, 3.8) is 0 Å². The van der Waals surface area contributed by atoms with Gasteiger partial charge in [-0.3, -0.25) is 0 Å². The summed E-state index contributed by atoms with van der Waals surface area (Å²) in [5, 5.41) is 4.77. The maximum atomic E-state index is 4.63. The van der Waals surface area contributed by atoms with Crippen molar-refractivity contribution in [3.05, 3.63) is 30.0 Å². The van der Waals surface area contributed by atoms with Gasteiger partial charge in [0, 0.05) is 11.3 Å². The van der Waals surface area contributed by atoms with Gasteiger partial charge in [-0.25, -0.2) is 0 Å². The number of fused-ring (bicyclic) bond motifs is 1. The molecule has 0 aliphatic carbocycles. The minimum Gasteiger partial charge on any atom is -0.317 e. The number of hydrogen-bond acceptors (Lipinski definition) is 3. The lowest BCUT2D eigenvalue weighted by molar-refractivity contribution is 0.457. The molecule has 0 radical (unpaired) electrons. The van der Waals surface area contributed by atoms with Crippen molar-refractivity contribution in [3.8, 4) is 0 Å². The van der Waals surface area contributed by atoms with Crippen molar-refractivity contribution >= 4 is 21.6 Å². The molecular formula is C12H14N2S. The highest BCUT2D eigenvalue weighted by Crippen LogP contribution is 2.32. The van der Waals surface area contributed by atoms with E-state index >= 15 is 0 Å². The Kier molecular flexibility index (Phi) is 2.43. The van der Waals surface area contributed by atoms with E-state index in [0.29, 0.717) is 5.92 Å². The molecular weight excluding hydrogens is 204 g/mol. The first-order chi connectivity index (χ1) is 7.45. The first kappa shape index (κ1) is 9.31. The quantitative estimate of drug-likeness (QED) is 0.796. The van der Waals surface area contributed by atoms with Crippen LogP contribution in [0.15, 0.2) is 24.3 Å². The van der Waals surface area contributed by atoms with E-state index in [0.717, 1.165) is 13.1 Å². The second-order valence-corrected chi connectivity index (χ2v) is 4.89. The van der Waals surface area contributed by atoms with Crippen molar-refractivity contribution in [2.75, 3.05) is 13.1 Å². The van der Waals surface area contributed by atoms with Gasteiger partial charge in [0.25, 0.3) is 0 Å². The number of benzene rings is 1. The lowest BCUT2D eigenvalue weighted by Crippen LogP contribution is -2.26. The molecule has 1 aromatic carbocycles. The summed E-state index contributed by atoms with van der Waals surface area (Å²) in [6.07, 6.45) is 2.46. The highest BCUT2D eigenvalue weighted by atomic mass is 32.1. The summed E-state index contributed by atoms with van der Waals surface area (Å²) < 4.78 is 5.96. The van der Waals surface area contributed by atoms with Crippen LogP contribution in [0.1, 0.15) is 24.5 Å². The second-order valence-electron chi connectivity index (χ2n) is 4.09. The number of piperidine rings is 1. The Hall–Kier alpha value is -0.930. The number of hydrogen-bond donors (Lipinski definition) is 1. The normalized spacial score (nSPS) is 18.4. The standard InChI is InChI=1S/C12H14N2S/c1-2-4-11-10(3-1)12(14-15-11)9-5-7-13-8-6-9/h1-4,9,13H,5-8H2. The zero-order valence-electron chi connectivity index (χ0n) is 8.57. The van der Waals surface area contributed by atoms with E-state index in [9.17, 15) is 0 Å². The van der Waals surface area contributed by atoms with Crippen molar-refractivity contribution in [2.24, 2.45) is 0 Å². The largest absolute Gasteiger partial charge is 0.317 e. The van der Waals surface area contributed by atoms with Crippen molar-refractivity contribution in [1.82, 2.24) is 9.69 Å². The van der Waals surface area contributed by atoms with Gasteiger partial charge in [-0.15, -0.1) is 0 Å². The summed E-state index contributed by atoms with van der Waals surface area (Å²) in [4.78, 5) is 0. The zero-order valence-corrected chi connectivity index (χ0v) is 9.39. The fourth-order valence-corrected chi connectivity index (χ4v) is 3.15. The molecule has 78 valence electrons. The molecule has 2 aromatic rings. The van der Waals surface area contributed by atoms with Gasteiger partial charge in [0.1, 0.15) is 0 Å². The third-order valence-electron chi connectivity index (χ3n) is 3.13. The molecule has 3 heteroatoms. The van der Waals surface area contributed by atoms with Crippen LogP contribution in [0.3, 0.4) is 0 Å². The second kappa shape index (κ2) is 3.91. The van der Waals surface area contributed by atoms with Gasteiger partial charge >= 0.3 is 0 Å². The van der Waals surface area contributed by atoms with E-state index in [4.69, 9.17) is 0 Å². The third kappa shape index (κ3) is 1.66. The van der Waals surface area contributed by atoms with Gasteiger partial charge in [-0.05, 0) is 43.5 Å². The first-order valence-electron chi connectivity index (χ1n) is 5.50. The van der Waals surface area contributed by atoms with Crippen LogP contribution >= 0.6 is 11.5 Å². The molecule has 0 atom stereocenters. The van der Waals surface area contributed by atoms with E-state index in [2.05, 4.69) is 34.0 Å². The average Bonchev–Trinajstić information content (AvgIpc) is 2.74. The van der Waals surface area contributed by atoms with Crippen LogP contribution in [0.2, 0.25) is 0 Å². The molecule has 0 unspecified atom stereocenters. The predicted molar refractivity (Wildman–Crippen MR) is 64.5 cm³/mol. The third-order valence-corrected chi connectivity index (χ3v) is 3.97. The molecule has 3 rings (SSSR count). The molecule has 2 nitrogen and oxygen atoms in total. The summed E-state index contributed by atoms with van der Waals surface area (Å²) in [7, 11) is 0. The van der Waals surface area contributed by atoms with Crippen molar-refractivity contribution in [1.29, 1.82) is 0 Å². The van der Waals surface area contributed by atoms with Crippen LogP contribution in [0, 0.1) is 0 Å². The lowest BCUT2D eigenvalue weighted by atomic mass is 9.93. The fourth-order valence-electron chi connectivity index (χ4n) is 2.30. The van der Waals surface area contributed by atoms with Gasteiger partial charge in [0.15, 0.2) is 0 Å². The minimum absolute atomic E-state index is 0.669. The lowest BCUT2D eigenvalue weighted by Gasteiger charge is -2.21. The van der Waals surface area contributed by atoms with Gasteiger partial charge in [0.2, 0.25) is 0 Å². The smallest absolute Gasteiger partial charge is 0.0652 e. The Labute approximate surface area is 93.5 Å². The molecule has 0 amide bonds. The molecule has 1 aliphatic heterocycles. The highest BCUT2D eigenvalue weighted by molar-refractivity contribution is 7.13. The Morgan fingerprint density at radius 1 is 1.20 bits per heavy atom. The van der Waals surface area contributed by atoms with Crippen LogP contribution in [-0.2, 0) is 0 Å². The molecule has 1 N–H and O–H groups in total. The monoisotopic (exact) mass is 218 g/mol. The van der Waals surface area contributed by atoms with Gasteiger partial charge < -0.3 is 5.32 Å². The first-order valence-corrected chi connectivity index (χ1v) is 6.27. The van der Waals surface area contributed by atoms with Crippen LogP contribution in [0.4, 0.5) is 0 Å². The molecule has 2 heterocycles. The van der Waals surface area contributed by atoms with Crippen LogP contribution in [0.25, 0.3) is 10.1 Å². The number of nitrogens with one attached hydrogen (secondary N) is 1. The van der Waals surface area contributed by atoms with E-state index in [1.54, 1.807) is 11.5 Å². The molecule has 1 fully saturated rings. The van der Waals surface area contributed by atoms with Crippen LogP contribution in [-0.4, -0.2) is 17.5 Å². The van der Waals surface area contributed by atoms with Crippen LogP contribution in [0.5, 0.6) is 0 Å². The summed E-state index contributed by atoms with van der Waals surface area (Å²) in [6.45, 7) is 2.27. The van der Waals surface area contributed by atoms with E-state index in [1.165, 1.54) is 28.6 Å². The zero-order chi connectivity index (χ0) is 10.1. The molecule has 0 saturated carbocycles. The maximum Gasteiger partial charge on any atom is 0.0652 e.